The molecule has 2 heterocycles. The molecule has 0 radical (unpaired) electrons. The Kier molecular flexibility index (Phi) is 0.990. The van der Waals surface area contributed by atoms with Gasteiger partial charge in [0.05, 0.1) is 0 Å². The first-order chi connectivity index (χ1) is 4.36. The predicted octanol–water partition coefficient (Wildman–Crippen LogP) is -0.906. The molecule has 2 aliphatic rings. The van der Waals surface area contributed by atoms with Crippen LogP contribution < -0.4 is 10.6 Å². The van der Waals surface area contributed by atoms with Crippen LogP contribution in [0.5, 0.6) is 0 Å². The minimum absolute atomic E-state index is 0.228. The van der Waals surface area contributed by atoms with Crippen LogP contribution in [0.25, 0.3) is 0 Å². The van der Waals surface area contributed by atoms with E-state index in [1.807, 2.05) is 0 Å². The fraction of sp³-hybridized carbons (Fsp3) is 0.833. The molecule has 3 nitrogen and oxygen atoms in total. The van der Waals surface area contributed by atoms with Gasteiger partial charge in [-0.2, -0.15) is 0 Å². The first-order valence-corrected chi connectivity index (χ1v) is 3.36. The van der Waals surface area contributed by atoms with E-state index in [0.29, 0.717) is 12.0 Å². The third kappa shape index (κ3) is 0.721. The molecule has 2 saturated heterocycles. The van der Waals surface area contributed by atoms with E-state index in [9.17, 15) is 4.79 Å². The normalized spacial score (nSPS) is 40.7. The molecule has 0 aromatic carbocycles. The Bertz CT molecular complexity index is 132. The topological polar surface area (TPSA) is 41.1 Å². The quantitative estimate of drug-likeness (QED) is 0.441. The van der Waals surface area contributed by atoms with Gasteiger partial charge in [-0.3, -0.25) is 4.79 Å². The summed E-state index contributed by atoms with van der Waals surface area (Å²) in [5.74, 6) is 0.809. The third-order valence-corrected chi connectivity index (χ3v) is 2.13. The molecule has 0 unspecified atom stereocenters. The second-order valence-electron chi connectivity index (χ2n) is 2.80. The maximum absolute atomic E-state index is 10.7. The van der Waals surface area contributed by atoms with Crippen LogP contribution >= 0.6 is 0 Å². The van der Waals surface area contributed by atoms with Crippen molar-refractivity contribution in [2.45, 2.75) is 12.5 Å². The Morgan fingerprint density at radius 1 is 1.44 bits per heavy atom. The second kappa shape index (κ2) is 1.70. The van der Waals surface area contributed by atoms with Crippen LogP contribution in [0, 0.1) is 5.92 Å². The van der Waals surface area contributed by atoms with Crippen molar-refractivity contribution in [2.75, 3.05) is 13.1 Å². The lowest BCUT2D eigenvalue weighted by Gasteiger charge is -2.03. The summed E-state index contributed by atoms with van der Waals surface area (Å²) >= 11 is 0. The number of hydrogen-bond donors (Lipinski definition) is 2. The first-order valence-electron chi connectivity index (χ1n) is 3.36. The summed E-state index contributed by atoms with van der Waals surface area (Å²) in [7, 11) is 0. The molecule has 0 spiro atoms. The zero-order valence-electron chi connectivity index (χ0n) is 5.18. The molecule has 0 aliphatic carbocycles. The number of amides is 1. The molecule has 9 heavy (non-hydrogen) atoms. The van der Waals surface area contributed by atoms with E-state index in [1.165, 1.54) is 0 Å². The highest BCUT2D eigenvalue weighted by Gasteiger charge is 2.35. The number of nitrogens with one attached hydrogen (secondary N) is 2. The van der Waals surface area contributed by atoms with E-state index in [0.717, 1.165) is 19.5 Å². The van der Waals surface area contributed by atoms with Crippen molar-refractivity contribution < 1.29 is 4.79 Å². The second-order valence-corrected chi connectivity index (χ2v) is 2.80. The standard InChI is InChI=1S/C6H10N2O/c9-6-1-4-2-7-3-5(4)8-6/h4-5,7H,1-3H2,(H,8,9)/t4-,5+/m0/s1. The van der Waals surface area contributed by atoms with Crippen LogP contribution in [0.3, 0.4) is 0 Å². The number of carbonyl (C=O) groups is 1. The minimum atomic E-state index is 0.228. The van der Waals surface area contributed by atoms with Crippen molar-refractivity contribution in [1.82, 2.24) is 10.6 Å². The van der Waals surface area contributed by atoms with Crippen LogP contribution in [0.1, 0.15) is 6.42 Å². The monoisotopic (exact) mass is 126 g/mol. The van der Waals surface area contributed by atoms with Crippen LogP contribution in [-0.2, 0) is 4.79 Å². The smallest absolute Gasteiger partial charge is 0.220 e. The molecule has 50 valence electrons. The molecule has 0 bridgehead atoms. The van der Waals surface area contributed by atoms with Gasteiger partial charge in [0.1, 0.15) is 0 Å². The summed E-state index contributed by atoms with van der Waals surface area (Å²) < 4.78 is 0. The highest BCUT2D eigenvalue weighted by molar-refractivity contribution is 5.79. The molecular formula is C6H10N2O. The van der Waals surface area contributed by atoms with Crippen molar-refractivity contribution in [3.05, 3.63) is 0 Å². The summed E-state index contributed by atoms with van der Waals surface area (Å²) in [5.41, 5.74) is 0. The predicted molar refractivity (Wildman–Crippen MR) is 32.9 cm³/mol. The lowest BCUT2D eigenvalue weighted by atomic mass is 10.1. The number of carbonyl (C=O) groups excluding carboxylic acids is 1. The summed E-state index contributed by atoms with van der Waals surface area (Å²) in [5, 5.41) is 6.14. The largest absolute Gasteiger partial charge is 0.352 e. The van der Waals surface area contributed by atoms with Crippen molar-refractivity contribution >= 4 is 5.91 Å². The number of rotatable bonds is 0. The van der Waals surface area contributed by atoms with E-state index in [-0.39, 0.29) is 5.91 Å². The van der Waals surface area contributed by atoms with Crippen LogP contribution in [0.4, 0.5) is 0 Å². The molecule has 2 fully saturated rings. The molecule has 2 aliphatic heterocycles. The minimum Gasteiger partial charge on any atom is -0.352 e. The molecule has 0 aromatic rings. The third-order valence-electron chi connectivity index (χ3n) is 2.13. The molecule has 0 aromatic heterocycles. The van der Waals surface area contributed by atoms with Crippen molar-refractivity contribution in [3.8, 4) is 0 Å². The summed E-state index contributed by atoms with van der Waals surface area (Å²) in [6, 6.07) is 0.442. The average Bonchev–Trinajstić information content (AvgIpc) is 2.22. The van der Waals surface area contributed by atoms with Gasteiger partial charge >= 0.3 is 0 Å². The average molecular weight is 126 g/mol. The van der Waals surface area contributed by atoms with Gasteiger partial charge < -0.3 is 10.6 Å². The fourth-order valence-corrected chi connectivity index (χ4v) is 1.62. The first kappa shape index (κ1) is 5.23. The molecule has 1 amide bonds. The van der Waals surface area contributed by atoms with Crippen molar-refractivity contribution in [2.24, 2.45) is 5.92 Å². The Hall–Kier alpha value is -0.570. The van der Waals surface area contributed by atoms with Crippen molar-refractivity contribution in [3.63, 3.8) is 0 Å². The molecule has 2 atom stereocenters. The van der Waals surface area contributed by atoms with E-state index < -0.39 is 0 Å². The fourth-order valence-electron chi connectivity index (χ4n) is 1.62. The summed E-state index contributed by atoms with van der Waals surface area (Å²) in [6.45, 7) is 1.99. The molecule has 0 saturated carbocycles. The lowest BCUT2D eigenvalue weighted by Crippen LogP contribution is -2.30. The molecular weight excluding hydrogens is 116 g/mol. The van der Waals surface area contributed by atoms with Gasteiger partial charge in [-0.15, -0.1) is 0 Å². The zero-order valence-corrected chi connectivity index (χ0v) is 5.18. The number of fused-ring (bicyclic) bond motifs is 1. The molecule has 2 rings (SSSR count). The SMILES string of the molecule is O=C1C[C@H]2CNC[C@H]2N1. The molecule has 3 heteroatoms. The van der Waals surface area contributed by atoms with Gasteiger partial charge in [0.15, 0.2) is 0 Å². The Labute approximate surface area is 53.8 Å². The van der Waals surface area contributed by atoms with Crippen LogP contribution in [0.15, 0.2) is 0 Å². The maximum atomic E-state index is 10.7. The van der Waals surface area contributed by atoms with Crippen LogP contribution in [0.2, 0.25) is 0 Å². The Morgan fingerprint density at radius 3 is 3.11 bits per heavy atom. The van der Waals surface area contributed by atoms with E-state index in [4.69, 9.17) is 0 Å². The van der Waals surface area contributed by atoms with Crippen LogP contribution in [-0.4, -0.2) is 25.0 Å². The van der Waals surface area contributed by atoms with Gasteiger partial charge in [-0.25, -0.2) is 0 Å². The highest BCUT2D eigenvalue weighted by Crippen LogP contribution is 2.18. The van der Waals surface area contributed by atoms with E-state index in [1.54, 1.807) is 0 Å². The highest BCUT2D eigenvalue weighted by atomic mass is 16.2. The van der Waals surface area contributed by atoms with E-state index in [2.05, 4.69) is 10.6 Å². The van der Waals surface area contributed by atoms with Gasteiger partial charge in [0, 0.05) is 31.5 Å². The maximum Gasteiger partial charge on any atom is 0.220 e. The summed E-state index contributed by atoms with van der Waals surface area (Å²) in [4.78, 5) is 10.7. The van der Waals surface area contributed by atoms with Gasteiger partial charge in [0.2, 0.25) is 5.91 Å². The van der Waals surface area contributed by atoms with E-state index >= 15 is 0 Å². The Morgan fingerprint density at radius 2 is 2.33 bits per heavy atom. The summed E-state index contributed by atoms with van der Waals surface area (Å²) in [6.07, 6.45) is 0.734. The number of hydrogen-bond acceptors (Lipinski definition) is 2. The lowest BCUT2D eigenvalue weighted by molar-refractivity contribution is -0.119. The van der Waals surface area contributed by atoms with Gasteiger partial charge in [-0.1, -0.05) is 0 Å². The van der Waals surface area contributed by atoms with Gasteiger partial charge in [0.25, 0.3) is 0 Å². The Balaban J connectivity index is 2.09. The van der Waals surface area contributed by atoms with Crippen molar-refractivity contribution in [1.29, 1.82) is 0 Å². The zero-order chi connectivity index (χ0) is 6.27. The molecule has 2 N–H and O–H groups in total. The van der Waals surface area contributed by atoms with Gasteiger partial charge in [-0.05, 0) is 0 Å².